The molecule has 0 aliphatic carbocycles. The Hall–Kier alpha value is -1.82. The minimum Gasteiger partial charge on any atom is -0.485 e. The van der Waals surface area contributed by atoms with Gasteiger partial charge in [-0.3, -0.25) is 0 Å². The second-order valence-electron chi connectivity index (χ2n) is 3.19. The monoisotopic (exact) mass is 238 g/mol. The van der Waals surface area contributed by atoms with Crippen LogP contribution in [0.1, 0.15) is 15.5 Å². The normalized spacial score (nSPS) is 10.3. The zero-order valence-electron chi connectivity index (χ0n) is 8.58. The fourth-order valence-corrected chi connectivity index (χ4v) is 1.85. The summed E-state index contributed by atoms with van der Waals surface area (Å²) in [5.41, 5.74) is 0. The van der Waals surface area contributed by atoms with E-state index in [9.17, 15) is 4.79 Å². The molecule has 0 aliphatic rings. The summed E-state index contributed by atoms with van der Waals surface area (Å²) in [7, 11) is 1.88. The number of imidazole rings is 1. The number of thiophene rings is 1. The summed E-state index contributed by atoms with van der Waals surface area (Å²) in [6.45, 7) is 0.333. The SMILES string of the molecule is Cn1ccnc1COc1csc(C(=O)O)c1. The van der Waals surface area contributed by atoms with Gasteiger partial charge in [-0.1, -0.05) is 0 Å². The van der Waals surface area contributed by atoms with Crippen molar-refractivity contribution in [3.8, 4) is 5.75 Å². The van der Waals surface area contributed by atoms with Gasteiger partial charge in [-0.05, 0) is 0 Å². The largest absolute Gasteiger partial charge is 0.485 e. The summed E-state index contributed by atoms with van der Waals surface area (Å²) in [6, 6.07) is 1.51. The maximum absolute atomic E-state index is 10.6. The number of aromatic carboxylic acids is 1. The summed E-state index contributed by atoms with van der Waals surface area (Å²) >= 11 is 1.15. The molecule has 2 aromatic heterocycles. The number of hydrogen-bond donors (Lipinski definition) is 1. The first-order valence-corrected chi connectivity index (χ1v) is 5.45. The molecule has 5 nitrogen and oxygen atoms in total. The van der Waals surface area contributed by atoms with E-state index >= 15 is 0 Å². The predicted molar refractivity (Wildman–Crippen MR) is 58.8 cm³/mol. The van der Waals surface area contributed by atoms with Gasteiger partial charge in [0, 0.05) is 30.9 Å². The molecule has 84 valence electrons. The van der Waals surface area contributed by atoms with Crippen molar-refractivity contribution in [1.29, 1.82) is 0 Å². The van der Waals surface area contributed by atoms with Gasteiger partial charge in [-0.15, -0.1) is 11.3 Å². The molecule has 0 atom stereocenters. The zero-order chi connectivity index (χ0) is 11.5. The van der Waals surface area contributed by atoms with Crippen LogP contribution in [0, 0.1) is 0 Å². The Kier molecular flexibility index (Phi) is 2.91. The molecule has 0 spiro atoms. The van der Waals surface area contributed by atoms with E-state index in [0.29, 0.717) is 12.4 Å². The average Bonchev–Trinajstić information content (AvgIpc) is 2.83. The van der Waals surface area contributed by atoms with Gasteiger partial charge in [-0.25, -0.2) is 9.78 Å². The zero-order valence-corrected chi connectivity index (χ0v) is 9.40. The molecule has 0 saturated heterocycles. The number of nitrogens with zero attached hydrogens (tertiary/aromatic N) is 2. The number of aromatic nitrogens is 2. The molecule has 2 aromatic rings. The number of hydrogen-bond acceptors (Lipinski definition) is 4. The van der Waals surface area contributed by atoms with Crippen molar-refractivity contribution in [1.82, 2.24) is 9.55 Å². The quantitative estimate of drug-likeness (QED) is 0.881. The molecule has 16 heavy (non-hydrogen) atoms. The van der Waals surface area contributed by atoms with E-state index in [0.717, 1.165) is 17.2 Å². The van der Waals surface area contributed by atoms with Gasteiger partial charge in [0.15, 0.2) is 0 Å². The minimum absolute atomic E-state index is 0.273. The first-order valence-electron chi connectivity index (χ1n) is 4.57. The Morgan fingerprint density at radius 3 is 3.06 bits per heavy atom. The number of rotatable bonds is 4. The third kappa shape index (κ3) is 2.22. The highest BCUT2D eigenvalue weighted by Gasteiger charge is 2.08. The van der Waals surface area contributed by atoms with Crippen molar-refractivity contribution in [2.24, 2.45) is 7.05 Å². The number of carboxylic acid groups (broad SMARTS) is 1. The predicted octanol–water partition coefficient (Wildman–Crippen LogP) is 1.76. The van der Waals surface area contributed by atoms with Gasteiger partial charge in [0.2, 0.25) is 0 Å². The van der Waals surface area contributed by atoms with Gasteiger partial charge in [0.1, 0.15) is 23.1 Å². The molecule has 0 bridgehead atoms. The van der Waals surface area contributed by atoms with Crippen LogP contribution in [0.25, 0.3) is 0 Å². The van der Waals surface area contributed by atoms with Gasteiger partial charge in [0.25, 0.3) is 0 Å². The molecule has 0 radical (unpaired) electrons. The lowest BCUT2D eigenvalue weighted by Gasteiger charge is -2.03. The van der Waals surface area contributed by atoms with Crippen molar-refractivity contribution in [3.63, 3.8) is 0 Å². The summed E-state index contributed by atoms with van der Waals surface area (Å²) in [6.07, 6.45) is 3.52. The second kappa shape index (κ2) is 4.36. The third-order valence-corrected chi connectivity index (χ3v) is 2.97. The maximum atomic E-state index is 10.6. The summed E-state index contributed by atoms with van der Waals surface area (Å²) in [4.78, 5) is 15.0. The van der Waals surface area contributed by atoms with E-state index in [2.05, 4.69) is 4.98 Å². The van der Waals surface area contributed by atoms with Crippen molar-refractivity contribution in [2.45, 2.75) is 6.61 Å². The molecular weight excluding hydrogens is 228 g/mol. The lowest BCUT2D eigenvalue weighted by Crippen LogP contribution is -2.02. The standard InChI is InChI=1S/C10H10N2O3S/c1-12-3-2-11-9(12)5-15-7-4-8(10(13)14)16-6-7/h2-4,6H,5H2,1H3,(H,13,14). The number of carboxylic acids is 1. The molecule has 2 rings (SSSR count). The summed E-state index contributed by atoms with van der Waals surface area (Å²) in [5.74, 6) is 0.422. The van der Waals surface area contributed by atoms with E-state index in [1.54, 1.807) is 11.6 Å². The second-order valence-corrected chi connectivity index (χ2v) is 4.11. The van der Waals surface area contributed by atoms with Crippen molar-refractivity contribution in [3.05, 3.63) is 34.5 Å². The number of carbonyl (C=O) groups is 1. The van der Waals surface area contributed by atoms with E-state index < -0.39 is 5.97 Å². The molecule has 2 heterocycles. The Balaban J connectivity index is 2.00. The van der Waals surface area contributed by atoms with E-state index in [1.807, 2.05) is 17.8 Å². The summed E-state index contributed by atoms with van der Waals surface area (Å²) in [5, 5.41) is 10.4. The Bertz CT molecular complexity index is 504. The molecule has 0 aromatic carbocycles. The Morgan fingerprint density at radius 2 is 2.50 bits per heavy atom. The molecule has 0 saturated carbocycles. The van der Waals surface area contributed by atoms with Gasteiger partial charge in [-0.2, -0.15) is 0 Å². The van der Waals surface area contributed by atoms with Crippen LogP contribution in [0.2, 0.25) is 0 Å². The van der Waals surface area contributed by atoms with Gasteiger partial charge < -0.3 is 14.4 Å². The van der Waals surface area contributed by atoms with Crippen LogP contribution in [0.5, 0.6) is 5.75 Å². The molecule has 6 heteroatoms. The number of aryl methyl sites for hydroxylation is 1. The molecule has 0 amide bonds. The first kappa shape index (κ1) is 10.7. The van der Waals surface area contributed by atoms with E-state index in [4.69, 9.17) is 9.84 Å². The van der Waals surface area contributed by atoms with Crippen LogP contribution in [0.4, 0.5) is 0 Å². The molecule has 0 fully saturated rings. The van der Waals surface area contributed by atoms with Crippen LogP contribution in [-0.2, 0) is 13.7 Å². The molecular formula is C10H10N2O3S. The Labute approximate surface area is 95.9 Å². The fraction of sp³-hybridized carbons (Fsp3) is 0.200. The molecule has 0 unspecified atom stereocenters. The fourth-order valence-electron chi connectivity index (χ4n) is 1.19. The van der Waals surface area contributed by atoms with Gasteiger partial charge in [0.05, 0.1) is 0 Å². The molecule has 1 N–H and O–H groups in total. The van der Waals surface area contributed by atoms with Gasteiger partial charge >= 0.3 is 5.97 Å². The minimum atomic E-state index is -0.933. The third-order valence-electron chi connectivity index (χ3n) is 2.08. The van der Waals surface area contributed by atoms with Crippen LogP contribution >= 0.6 is 11.3 Å². The van der Waals surface area contributed by atoms with Crippen molar-refractivity contribution >= 4 is 17.3 Å². The van der Waals surface area contributed by atoms with E-state index in [1.165, 1.54) is 6.07 Å². The Morgan fingerprint density at radius 1 is 1.69 bits per heavy atom. The highest BCUT2D eigenvalue weighted by atomic mass is 32.1. The molecule has 0 aliphatic heterocycles. The lowest BCUT2D eigenvalue weighted by atomic mass is 10.4. The van der Waals surface area contributed by atoms with Crippen molar-refractivity contribution in [2.75, 3.05) is 0 Å². The smallest absolute Gasteiger partial charge is 0.346 e. The average molecular weight is 238 g/mol. The van der Waals surface area contributed by atoms with Crippen molar-refractivity contribution < 1.29 is 14.6 Å². The van der Waals surface area contributed by atoms with Crippen LogP contribution in [-0.4, -0.2) is 20.6 Å². The highest BCUT2D eigenvalue weighted by Crippen LogP contribution is 2.22. The highest BCUT2D eigenvalue weighted by molar-refractivity contribution is 7.12. The maximum Gasteiger partial charge on any atom is 0.346 e. The van der Waals surface area contributed by atoms with Crippen LogP contribution in [0.3, 0.4) is 0 Å². The van der Waals surface area contributed by atoms with Crippen LogP contribution in [0.15, 0.2) is 23.8 Å². The number of ether oxygens (including phenoxy) is 1. The lowest BCUT2D eigenvalue weighted by molar-refractivity contribution is 0.0702. The van der Waals surface area contributed by atoms with Crippen LogP contribution < -0.4 is 4.74 Å². The first-order chi connectivity index (χ1) is 7.66. The summed E-state index contributed by atoms with van der Waals surface area (Å²) < 4.78 is 7.28. The van der Waals surface area contributed by atoms with E-state index in [-0.39, 0.29) is 4.88 Å². The topological polar surface area (TPSA) is 64.4 Å².